The average molecular weight is 409 g/mol. The summed E-state index contributed by atoms with van der Waals surface area (Å²) in [5.41, 5.74) is 5.07. The van der Waals surface area contributed by atoms with Gasteiger partial charge in [0.05, 0.1) is 6.04 Å². The predicted octanol–water partition coefficient (Wildman–Crippen LogP) is 2.66. The molecule has 1 atom stereocenters. The van der Waals surface area contributed by atoms with Crippen LogP contribution in [0.5, 0.6) is 0 Å². The van der Waals surface area contributed by atoms with Gasteiger partial charge in [-0.2, -0.15) is 0 Å². The van der Waals surface area contributed by atoms with Crippen molar-refractivity contribution in [3.8, 4) is 0 Å². The standard InChI is InChI=1S/C24H32N4O2/c1-17-5-8-20(9-6-17)22(28-13-11-27(4)12-14-28)16-25-23(29)24(30)26-21-10-7-18(2)15-19(21)3/h5-10,15,22H,11-14,16H2,1-4H3,(H,25,29)(H,26,30)/t22-/m0/s1. The van der Waals surface area contributed by atoms with E-state index in [1.807, 2.05) is 32.0 Å². The van der Waals surface area contributed by atoms with Gasteiger partial charge in [0.25, 0.3) is 0 Å². The smallest absolute Gasteiger partial charge is 0.313 e. The first-order chi connectivity index (χ1) is 14.3. The lowest BCUT2D eigenvalue weighted by Gasteiger charge is -2.38. The summed E-state index contributed by atoms with van der Waals surface area (Å²) in [6.45, 7) is 10.2. The molecule has 0 bridgehead atoms. The Balaban J connectivity index is 1.65. The Labute approximate surface area is 179 Å². The summed E-state index contributed by atoms with van der Waals surface area (Å²) in [5, 5.41) is 5.57. The topological polar surface area (TPSA) is 64.7 Å². The van der Waals surface area contributed by atoms with Gasteiger partial charge in [0, 0.05) is 38.4 Å². The molecule has 6 heteroatoms. The first-order valence-electron chi connectivity index (χ1n) is 10.5. The lowest BCUT2D eigenvalue weighted by Crippen LogP contribution is -2.49. The number of nitrogens with one attached hydrogen (secondary N) is 2. The molecule has 30 heavy (non-hydrogen) atoms. The molecule has 2 N–H and O–H groups in total. The molecule has 160 valence electrons. The molecule has 1 aliphatic rings. The Bertz CT molecular complexity index is 887. The van der Waals surface area contributed by atoms with Crippen LogP contribution in [0.2, 0.25) is 0 Å². The minimum Gasteiger partial charge on any atom is -0.346 e. The normalized spacial score (nSPS) is 16.1. The van der Waals surface area contributed by atoms with Crippen LogP contribution in [0.25, 0.3) is 0 Å². The van der Waals surface area contributed by atoms with Crippen molar-refractivity contribution in [2.24, 2.45) is 0 Å². The largest absolute Gasteiger partial charge is 0.346 e. The Hall–Kier alpha value is -2.70. The van der Waals surface area contributed by atoms with E-state index in [4.69, 9.17) is 0 Å². The van der Waals surface area contributed by atoms with Crippen molar-refractivity contribution in [3.05, 3.63) is 64.7 Å². The predicted molar refractivity (Wildman–Crippen MR) is 121 cm³/mol. The van der Waals surface area contributed by atoms with Gasteiger partial charge < -0.3 is 15.5 Å². The number of carbonyl (C=O) groups is 2. The number of hydrogen-bond donors (Lipinski definition) is 2. The van der Waals surface area contributed by atoms with Crippen LogP contribution < -0.4 is 10.6 Å². The Morgan fingerprint density at radius 2 is 1.53 bits per heavy atom. The number of benzene rings is 2. The molecule has 0 spiro atoms. The number of hydrogen-bond acceptors (Lipinski definition) is 4. The average Bonchev–Trinajstić information content (AvgIpc) is 2.72. The molecule has 0 unspecified atom stereocenters. The molecule has 2 aromatic rings. The van der Waals surface area contributed by atoms with Gasteiger partial charge in [0.1, 0.15) is 0 Å². The minimum absolute atomic E-state index is 0.0390. The molecule has 1 fully saturated rings. The van der Waals surface area contributed by atoms with E-state index >= 15 is 0 Å². The number of carbonyl (C=O) groups excluding carboxylic acids is 2. The number of amides is 2. The van der Waals surface area contributed by atoms with Gasteiger partial charge in [0.15, 0.2) is 0 Å². The quantitative estimate of drug-likeness (QED) is 0.747. The number of rotatable bonds is 5. The first kappa shape index (κ1) is 22.0. The molecule has 0 radical (unpaired) electrons. The second-order valence-corrected chi connectivity index (χ2v) is 8.25. The van der Waals surface area contributed by atoms with Crippen LogP contribution in [0.4, 0.5) is 5.69 Å². The van der Waals surface area contributed by atoms with Crippen LogP contribution in [0.15, 0.2) is 42.5 Å². The van der Waals surface area contributed by atoms with E-state index in [0.29, 0.717) is 12.2 Å². The van der Waals surface area contributed by atoms with E-state index in [0.717, 1.165) is 42.9 Å². The summed E-state index contributed by atoms with van der Waals surface area (Å²) in [7, 11) is 2.12. The lowest BCUT2D eigenvalue weighted by atomic mass is 10.0. The van der Waals surface area contributed by atoms with Gasteiger partial charge in [0.2, 0.25) is 0 Å². The summed E-state index contributed by atoms with van der Waals surface area (Å²) in [6, 6.07) is 14.2. The third kappa shape index (κ3) is 5.68. The fourth-order valence-electron chi connectivity index (χ4n) is 3.78. The minimum atomic E-state index is -0.636. The van der Waals surface area contributed by atoms with Crippen molar-refractivity contribution in [1.82, 2.24) is 15.1 Å². The molecule has 3 rings (SSSR count). The van der Waals surface area contributed by atoms with Crippen molar-refractivity contribution in [2.75, 3.05) is 45.1 Å². The fourth-order valence-corrected chi connectivity index (χ4v) is 3.78. The fraction of sp³-hybridized carbons (Fsp3) is 0.417. The Morgan fingerprint density at radius 3 is 2.17 bits per heavy atom. The molecule has 0 aromatic heterocycles. The number of anilines is 1. The molecule has 2 aromatic carbocycles. The molecule has 2 amide bonds. The van der Waals surface area contributed by atoms with E-state index in [2.05, 4.69) is 58.7 Å². The molecule has 6 nitrogen and oxygen atoms in total. The zero-order valence-corrected chi connectivity index (χ0v) is 18.4. The molecule has 1 heterocycles. The number of aryl methyl sites for hydroxylation is 3. The van der Waals surface area contributed by atoms with Crippen LogP contribution in [-0.2, 0) is 9.59 Å². The molecule has 0 aliphatic carbocycles. The maximum atomic E-state index is 12.5. The molecule has 1 saturated heterocycles. The maximum Gasteiger partial charge on any atom is 0.313 e. The molecule has 1 aliphatic heterocycles. The third-order valence-electron chi connectivity index (χ3n) is 5.73. The SMILES string of the molecule is Cc1ccc([C@H](CNC(=O)C(=O)Nc2ccc(C)cc2C)N2CCN(C)CC2)cc1. The van der Waals surface area contributed by atoms with E-state index in [-0.39, 0.29) is 6.04 Å². The van der Waals surface area contributed by atoms with E-state index in [1.54, 1.807) is 0 Å². The summed E-state index contributed by atoms with van der Waals surface area (Å²) in [4.78, 5) is 29.6. The van der Waals surface area contributed by atoms with Crippen LogP contribution in [0, 0.1) is 20.8 Å². The van der Waals surface area contributed by atoms with Gasteiger partial charge in [-0.15, -0.1) is 0 Å². The summed E-state index contributed by atoms with van der Waals surface area (Å²) >= 11 is 0. The zero-order chi connectivity index (χ0) is 21.7. The number of nitrogens with zero attached hydrogens (tertiary/aromatic N) is 2. The highest BCUT2D eigenvalue weighted by atomic mass is 16.2. The van der Waals surface area contributed by atoms with Gasteiger partial charge in [-0.1, -0.05) is 47.5 Å². The van der Waals surface area contributed by atoms with E-state index < -0.39 is 11.8 Å². The maximum absolute atomic E-state index is 12.5. The molecular formula is C24H32N4O2. The Morgan fingerprint density at radius 1 is 0.900 bits per heavy atom. The van der Waals surface area contributed by atoms with Crippen LogP contribution in [0.1, 0.15) is 28.3 Å². The van der Waals surface area contributed by atoms with Crippen LogP contribution in [-0.4, -0.2) is 61.4 Å². The van der Waals surface area contributed by atoms with Crippen molar-refractivity contribution in [3.63, 3.8) is 0 Å². The van der Waals surface area contributed by atoms with Crippen molar-refractivity contribution < 1.29 is 9.59 Å². The van der Waals surface area contributed by atoms with Gasteiger partial charge in [-0.3, -0.25) is 14.5 Å². The monoisotopic (exact) mass is 408 g/mol. The van der Waals surface area contributed by atoms with Gasteiger partial charge in [-0.25, -0.2) is 0 Å². The summed E-state index contributed by atoms with van der Waals surface area (Å²) in [5.74, 6) is -1.25. The highest BCUT2D eigenvalue weighted by Crippen LogP contribution is 2.22. The Kier molecular flexibility index (Phi) is 7.24. The highest BCUT2D eigenvalue weighted by molar-refractivity contribution is 6.39. The van der Waals surface area contributed by atoms with Crippen LogP contribution in [0.3, 0.4) is 0 Å². The second kappa shape index (κ2) is 9.87. The summed E-state index contributed by atoms with van der Waals surface area (Å²) < 4.78 is 0. The lowest BCUT2D eigenvalue weighted by molar-refractivity contribution is -0.136. The number of piperazine rings is 1. The molecular weight excluding hydrogens is 376 g/mol. The summed E-state index contributed by atoms with van der Waals surface area (Å²) in [6.07, 6.45) is 0. The highest BCUT2D eigenvalue weighted by Gasteiger charge is 2.25. The first-order valence-corrected chi connectivity index (χ1v) is 10.5. The van der Waals surface area contributed by atoms with Crippen molar-refractivity contribution in [1.29, 1.82) is 0 Å². The molecule has 0 saturated carbocycles. The van der Waals surface area contributed by atoms with Crippen molar-refractivity contribution >= 4 is 17.5 Å². The third-order valence-corrected chi connectivity index (χ3v) is 5.73. The van der Waals surface area contributed by atoms with E-state index in [9.17, 15) is 9.59 Å². The zero-order valence-electron chi connectivity index (χ0n) is 18.4. The van der Waals surface area contributed by atoms with E-state index in [1.165, 1.54) is 5.56 Å². The van der Waals surface area contributed by atoms with Crippen LogP contribution >= 0.6 is 0 Å². The van der Waals surface area contributed by atoms with Crippen molar-refractivity contribution in [2.45, 2.75) is 26.8 Å². The number of likely N-dealkylation sites (N-methyl/N-ethyl adjacent to an activating group) is 1. The van der Waals surface area contributed by atoms with Gasteiger partial charge >= 0.3 is 11.8 Å². The second-order valence-electron chi connectivity index (χ2n) is 8.25. The van der Waals surface area contributed by atoms with Gasteiger partial charge in [-0.05, 0) is 45.0 Å².